The van der Waals surface area contributed by atoms with Crippen molar-refractivity contribution in [3.8, 4) is 6.07 Å². The number of carbonyl (C=O) groups excluding carboxylic acids is 1. The number of methoxy groups -OCH3 is 1. The SMILES string of the molecule is CCC(CC)N(CCOC)C(=O)C1(C#N)CC1. The Hall–Kier alpha value is -1.08. The standard InChI is InChI=1S/C13H22N2O2/c1-4-11(5-2)15(8-9-17-3)12(16)13(10-14)6-7-13/h11H,4-9H2,1-3H3. The quantitative estimate of drug-likeness (QED) is 0.681. The number of nitrogens with zero attached hydrogens (tertiary/aromatic N) is 2. The van der Waals surface area contributed by atoms with Gasteiger partial charge in [0.2, 0.25) is 5.91 Å². The zero-order chi connectivity index (χ0) is 12.9. The second-order valence-corrected chi connectivity index (χ2v) is 4.66. The van der Waals surface area contributed by atoms with Gasteiger partial charge in [0, 0.05) is 19.7 Å². The van der Waals surface area contributed by atoms with Crippen molar-refractivity contribution in [1.29, 1.82) is 5.26 Å². The molecule has 0 radical (unpaired) electrons. The zero-order valence-electron chi connectivity index (χ0n) is 11.0. The number of hydrogen-bond donors (Lipinski definition) is 0. The molecule has 1 saturated carbocycles. The van der Waals surface area contributed by atoms with Gasteiger partial charge in [0.05, 0.1) is 12.7 Å². The fourth-order valence-electron chi connectivity index (χ4n) is 2.14. The van der Waals surface area contributed by atoms with Crippen molar-refractivity contribution in [3.63, 3.8) is 0 Å². The number of rotatable bonds is 7. The number of nitriles is 1. The van der Waals surface area contributed by atoms with Gasteiger partial charge >= 0.3 is 0 Å². The van der Waals surface area contributed by atoms with Gasteiger partial charge in [-0.1, -0.05) is 13.8 Å². The Morgan fingerprint density at radius 2 is 2.06 bits per heavy atom. The highest BCUT2D eigenvalue weighted by molar-refractivity contribution is 5.88. The molecule has 0 bridgehead atoms. The van der Waals surface area contributed by atoms with Gasteiger partial charge < -0.3 is 9.64 Å². The van der Waals surface area contributed by atoms with Crippen LogP contribution in [0, 0.1) is 16.7 Å². The number of ether oxygens (including phenoxy) is 1. The van der Waals surface area contributed by atoms with E-state index >= 15 is 0 Å². The summed E-state index contributed by atoms with van der Waals surface area (Å²) >= 11 is 0. The summed E-state index contributed by atoms with van der Waals surface area (Å²) in [5.74, 6) is 0.00532. The molecule has 4 nitrogen and oxygen atoms in total. The Labute approximate surface area is 104 Å². The Morgan fingerprint density at radius 3 is 2.41 bits per heavy atom. The molecule has 0 aromatic heterocycles. The number of hydrogen-bond acceptors (Lipinski definition) is 3. The molecule has 1 amide bonds. The molecule has 4 heteroatoms. The first kappa shape index (κ1) is 14.0. The lowest BCUT2D eigenvalue weighted by Gasteiger charge is -2.32. The molecule has 0 atom stereocenters. The third kappa shape index (κ3) is 2.98. The lowest BCUT2D eigenvalue weighted by atomic mass is 10.0. The number of carbonyl (C=O) groups is 1. The summed E-state index contributed by atoms with van der Waals surface area (Å²) in [6.07, 6.45) is 3.28. The van der Waals surface area contributed by atoms with Gasteiger partial charge in [-0.2, -0.15) is 5.26 Å². The van der Waals surface area contributed by atoms with Crippen molar-refractivity contribution >= 4 is 5.91 Å². The van der Waals surface area contributed by atoms with E-state index in [9.17, 15) is 4.79 Å². The second kappa shape index (κ2) is 6.02. The normalized spacial score (nSPS) is 16.6. The molecule has 1 aliphatic rings. The zero-order valence-corrected chi connectivity index (χ0v) is 11.0. The molecular weight excluding hydrogens is 216 g/mol. The summed E-state index contributed by atoms with van der Waals surface area (Å²) in [6, 6.07) is 2.41. The Bertz CT molecular complexity index is 301. The minimum atomic E-state index is -0.712. The smallest absolute Gasteiger partial charge is 0.243 e. The molecule has 0 aromatic carbocycles. The summed E-state index contributed by atoms with van der Waals surface area (Å²) in [5.41, 5.74) is -0.712. The topological polar surface area (TPSA) is 53.3 Å². The van der Waals surface area contributed by atoms with Crippen LogP contribution in [0.3, 0.4) is 0 Å². The third-order valence-corrected chi connectivity index (χ3v) is 3.55. The molecule has 1 fully saturated rings. The van der Waals surface area contributed by atoms with E-state index in [2.05, 4.69) is 19.9 Å². The average molecular weight is 238 g/mol. The Morgan fingerprint density at radius 1 is 1.47 bits per heavy atom. The summed E-state index contributed by atoms with van der Waals surface area (Å²) in [4.78, 5) is 14.2. The lowest BCUT2D eigenvalue weighted by Crippen LogP contribution is -2.45. The van der Waals surface area contributed by atoms with E-state index in [4.69, 9.17) is 10.00 Å². The molecule has 0 spiro atoms. The van der Waals surface area contributed by atoms with E-state index in [0.29, 0.717) is 26.0 Å². The summed E-state index contributed by atoms with van der Waals surface area (Å²) < 4.78 is 5.05. The maximum atomic E-state index is 12.4. The van der Waals surface area contributed by atoms with Gasteiger partial charge in [-0.05, 0) is 25.7 Å². The van der Waals surface area contributed by atoms with E-state index in [1.54, 1.807) is 7.11 Å². The first-order valence-corrected chi connectivity index (χ1v) is 6.36. The third-order valence-electron chi connectivity index (χ3n) is 3.55. The molecule has 0 N–H and O–H groups in total. The molecule has 0 heterocycles. The largest absolute Gasteiger partial charge is 0.383 e. The van der Waals surface area contributed by atoms with Crippen molar-refractivity contribution in [2.75, 3.05) is 20.3 Å². The predicted molar refractivity (Wildman–Crippen MR) is 65.2 cm³/mol. The fourth-order valence-corrected chi connectivity index (χ4v) is 2.14. The molecule has 0 unspecified atom stereocenters. The van der Waals surface area contributed by atoms with Crippen LogP contribution in [0.5, 0.6) is 0 Å². The van der Waals surface area contributed by atoms with Crippen molar-refractivity contribution in [2.24, 2.45) is 5.41 Å². The number of amides is 1. The van der Waals surface area contributed by atoms with Crippen LogP contribution >= 0.6 is 0 Å². The Balaban J connectivity index is 2.75. The van der Waals surface area contributed by atoms with Gasteiger partial charge in [0.1, 0.15) is 5.41 Å². The molecule has 1 rings (SSSR count). The predicted octanol–water partition coefficient (Wildman–Crippen LogP) is 1.95. The Kier molecular flexibility index (Phi) is 4.95. The van der Waals surface area contributed by atoms with Crippen molar-refractivity contribution in [2.45, 2.75) is 45.6 Å². The molecule has 0 saturated heterocycles. The molecule has 96 valence electrons. The highest BCUT2D eigenvalue weighted by Crippen LogP contribution is 2.46. The highest BCUT2D eigenvalue weighted by atomic mass is 16.5. The molecule has 0 aromatic rings. The average Bonchev–Trinajstić information content (AvgIpc) is 3.14. The van der Waals surface area contributed by atoms with Crippen LogP contribution in [-0.4, -0.2) is 37.1 Å². The summed E-state index contributed by atoms with van der Waals surface area (Å²) in [7, 11) is 1.63. The first-order chi connectivity index (χ1) is 8.15. The van der Waals surface area contributed by atoms with Gasteiger partial charge in [0.15, 0.2) is 0 Å². The van der Waals surface area contributed by atoms with Gasteiger partial charge in [-0.15, -0.1) is 0 Å². The first-order valence-electron chi connectivity index (χ1n) is 6.36. The molecular formula is C13H22N2O2. The van der Waals surface area contributed by atoms with Crippen molar-refractivity contribution in [1.82, 2.24) is 4.90 Å². The highest BCUT2D eigenvalue weighted by Gasteiger charge is 2.53. The molecule has 17 heavy (non-hydrogen) atoms. The van der Waals surface area contributed by atoms with Crippen LogP contribution in [-0.2, 0) is 9.53 Å². The van der Waals surface area contributed by atoms with Crippen LogP contribution < -0.4 is 0 Å². The van der Waals surface area contributed by atoms with Crippen LogP contribution in [0.4, 0.5) is 0 Å². The van der Waals surface area contributed by atoms with Crippen LogP contribution in [0.25, 0.3) is 0 Å². The monoisotopic (exact) mass is 238 g/mol. The maximum Gasteiger partial charge on any atom is 0.243 e. The van der Waals surface area contributed by atoms with Crippen LogP contribution in [0.15, 0.2) is 0 Å². The molecule has 0 aliphatic heterocycles. The second-order valence-electron chi connectivity index (χ2n) is 4.66. The minimum Gasteiger partial charge on any atom is -0.383 e. The maximum absolute atomic E-state index is 12.4. The fraction of sp³-hybridized carbons (Fsp3) is 0.846. The summed E-state index contributed by atoms with van der Waals surface area (Å²) in [5, 5.41) is 9.10. The van der Waals surface area contributed by atoms with Crippen molar-refractivity contribution < 1.29 is 9.53 Å². The van der Waals surface area contributed by atoms with E-state index in [0.717, 1.165) is 12.8 Å². The molecule has 1 aliphatic carbocycles. The lowest BCUT2D eigenvalue weighted by molar-refractivity contribution is -0.138. The van der Waals surface area contributed by atoms with Crippen LogP contribution in [0.2, 0.25) is 0 Å². The van der Waals surface area contributed by atoms with Crippen LogP contribution in [0.1, 0.15) is 39.5 Å². The van der Waals surface area contributed by atoms with Gasteiger partial charge in [-0.25, -0.2) is 0 Å². The van der Waals surface area contributed by atoms with Gasteiger partial charge in [0.25, 0.3) is 0 Å². The van der Waals surface area contributed by atoms with Crippen molar-refractivity contribution in [3.05, 3.63) is 0 Å². The van der Waals surface area contributed by atoms with E-state index in [1.165, 1.54) is 0 Å². The van der Waals surface area contributed by atoms with E-state index in [-0.39, 0.29) is 11.9 Å². The van der Waals surface area contributed by atoms with Gasteiger partial charge in [-0.3, -0.25) is 4.79 Å². The minimum absolute atomic E-state index is 0.00532. The van der Waals surface area contributed by atoms with E-state index < -0.39 is 5.41 Å². The summed E-state index contributed by atoms with van der Waals surface area (Å²) in [6.45, 7) is 5.27. The van der Waals surface area contributed by atoms with E-state index in [1.807, 2.05) is 4.90 Å².